The summed E-state index contributed by atoms with van der Waals surface area (Å²) in [5, 5.41) is 2.99. The van der Waals surface area contributed by atoms with E-state index in [1.165, 1.54) is 17.0 Å². The lowest BCUT2D eigenvalue weighted by molar-refractivity contribution is -0.140. The first-order valence-electron chi connectivity index (χ1n) is 13.0. The first kappa shape index (κ1) is 28.9. The number of hydrogen-bond acceptors (Lipinski definition) is 4. The number of aryl methyl sites for hydroxylation is 1. The Bertz CT molecular complexity index is 1310. The number of anilines is 1. The Hall–Kier alpha value is -3.65. The SMILES string of the molecule is CC[C@H](C(=O)N[C@@H](C)CC)N(Cc1ccccc1)C(=O)CN(c1ccccc1C)S(=O)(=O)c1ccccc1. The zero-order chi connectivity index (χ0) is 27.7. The van der Waals surface area contributed by atoms with Gasteiger partial charge < -0.3 is 10.2 Å². The van der Waals surface area contributed by atoms with Crippen molar-refractivity contribution in [1.29, 1.82) is 0 Å². The average Bonchev–Trinajstić information content (AvgIpc) is 2.92. The van der Waals surface area contributed by atoms with Gasteiger partial charge in [-0.2, -0.15) is 0 Å². The van der Waals surface area contributed by atoms with Crippen LogP contribution in [0, 0.1) is 6.92 Å². The standard InChI is InChI=1S/C30H37N3O4S/c1-5-24(4)31-30(35)27(6-2)32(21-25-16-9-7-10-17-25)29(34)22-33(28-20-14-13-15-23(28)3)38(36,37)26-18-11-8-12-19-26/h7-20,24,27H,5-6,21-22H2,1-4H3,(H,31,35)/t24-,27+/m0/s1. The van der Waals surface area contributed by atoms with Gasteiger partial charge in [0.15, 0.2) is 0 Å². The highest BCUT2D eigenvalue weighted by Gasteiger charge is 2.34. The number of sulfonamides is 1. The van der Waals surface area contributed by atoms with Crippen LogP contribution < -0.4 is 9.62 Å². The van der Waals surface area contributed by atoms with Gasteiger partial charge in [0.1, 0.15) is 12.6 Å². The molecule has 3 aromatic rings. The minimum absolute atomic E-state index is 0.0489. The van der Waals surface area contributed by atoms with E-state index in [2.05, 4.69) is 5.32 Å². The molecule has 0 aromatic heterocycles. The molecule has 0 aliphatic carbocycles. The van der Waals surface area contributed by atoms with E-state index in [0.29, 0.717) is 12.1 Å². The van der Waals surface area contributed by atoms with Gasteiger partial charge in [-0.3, -0.25) is 13.9 Å². The van der Waals surface area contributed by atoms with Crippen molar-refractivity contribution < 1.29 is 18.0 Å². The zero-order valence-electron chi connectivity index (χ0n) is 22.5. The van der Waals surface area contributed by atoms with Gasteiger partial charge in [0.25, 0.3) is 10.0 Å². The molecule has 0 bridgehead atoms. The van der Waals surface area contributed by atoms with Gasteiger partial charge in [-0.25, -0.2) is 8.42 Å². The average molecular weight is 536 g/mol. The molecule has 0 fully saturated rings. The van der Waals surface area contributed by atoms with Crippen LogP contribution in [-0.4, -0.2) is 43.8 Å². The van der Waals surface area contributed by atoms with Crippen molar-refractivity contribution in [3.63, 3.8) is 0 Å². The second-order valence-corrected chi connectivity index (χ2v) is 11.2. The summed E-state index contributed by atoms with van der Waals surface area (Å²) in [6.07, 6.45) is 1.14. The first-order chi connectivity index (χ1) is 18.2. The maximum absolute atomic E-state index is 14.0. The van der Waals surface area contributed by atoms with E-state index in [1.54, 1.807) is 30.3 Å². The molecule has 2 amide bonds. The highest BCUT2D eigenvalue weighted by atomic mass is 32.2. The third-order valence-electron chi connectivity index (χ3n) is 6.58. The Labute approximate surface area is 226 Å². The molecular weight excluding hydrogens is 498 g/mol. The van der Waals surface area contributed by atoms with Crippen LogP contribution in [0.5, 0.6) is 0 Å². The molecule has 0 radical (unpaired) electrons. The Balaban J connectivity index is 2.04. The Morgan fingerprint density at radius 1 is 0.842 bits per heavy atom. The molecule has 3 aromatic carbocycles. The second kappa shape index (κ2) is 13.2. The predicted molar refractivity (Wildman–Crippen MR) is 151 cm³/mol. The van der Waals surface area contributed by atoms with E-state index in [9.17, 15) is 18.0 Å². The maximum atomic E-state index is 14.0. The molecule has 0 heterocycles. The van der Waals surface area contributed by atoms with Crippen LogP contribution in [0.25, 0.3) is 0 Å². The lowest BCUT2D eigenvalue weighted by atomic mass is 10.1. The summed E-state index contributed by atoms with van der Waals surface area (Å²) in [6.45, 7) is 7.30. The molecule has 0 spiro atoms. The quantitative estimate of drug-likeness (QED) is 0.357. The van der Waals surface area contributed by atoms with Crippen LogP contribution in [0.2, 0.25) is 0 Å². The van der Waals surface area contributed by atoms with Crippen molar-refractivity contribution in [2.24, 2.45) is 0 Å². The minimum Gasteiger partial charge on any atom is -0.352 e. The third-order valence-corrected chi connectivity index (χ3v) is 8.35. The largest absolute Gasteiger partial charge is 0.352 e. The predicted octanol–water partition coefficient (Wildman–Crippen LogP) is 4.91. The Morgan fingerprint density at radius 3 is 2.00 bits per heavy atom. The van der Waals surface area contributed by atoms with Crippen molar-refractivity contribution >= 4 is 27.5 Å². The summed E-state index contributed by atoms with van der Waals surface area (Å²) >= 11 is 0. The van der Waals surface area contributed by atoms with E-state index in [0.717, 1.165) is 21.9 Å². The molecule has 38 heavy (non-hydrogen) atoms. The number of carbonyl (C=O) groups is 2. The number of nitrogens with one attached hydrogen (secondary N) is 1. The first-order valence-corrected chi connectivity index (χ1v) is 14.4. The monoisotopic (exact) mass is 535 g/mol. The van der Waals surface area contributed by atoms with E-state index in [-0.39, 0.29) is 23.4 Å². The van der Waals surface area contributed by atoms with Crippen molar-refractivity contribution in [3.8, 4) is 0 Å². The van der Waals surface area contributed by atoms with Crippen LogP contribution >= 0.6 is 0 Å². The highest BCUT2D eigenvalue weighted by molar-refractivity contribution is 7.92. The molecule has 2 atom stereocenters. The molecule has 7 nitrogen and oxygen atoms in total. The summed E-state index contributed by atoms with van der Waals surface area (Å²) in [7, 11) is -4.07. The van der Waals surface area contributed by atoms with Crippen LogP contribution in [0.3, 0.4) is 0 Å². The molecule has 0 saturated carbocycles. The van der Waals surface area contributed by atoms with Crippen molar-refractivity contribution in [3.05, 3.63) is 96.1 Å². The highest BCUT2D eigenvalue weighted by Crippen LogP contribution is 2.27. The molecular formula is C30H37N3O4S. The van der Waals surface area contributed by atoms with E-state index < -0.39 is 28.5 Å². The zero-order valence-corrected chi connectivity index (χ0v) is 23.3. The summed E-state index contributed by atoms with van der Waals surface area (Å²) in [6, 6.07) is 23.7. The van der Waals surface area contributed by atoms with Gasteiger partial charge >= 0.3 is 0 Å². The molecule has 1 N–H and O–H groups in total. The fourth-order valence-electron chi connectivity index (χ4n) is 4.22. The summed E-state index contributed by atoms with van der Waals surface area (Å²) < 4.78 is 28.8. The van der Waals surface area contributed by atoms with E-state index in [1.807, 2.05) is 70.2 Å². The van der Waals surface area contributed by atoms with Crippen molar-refractivity contribution in [2.45, 2.75) is 64.1 Å². The smallest absolute Gasteiger partial charge is 0.264 e. The van der Waals surface area contributed by atoms with Gasteiger partial charge in [-0.1, -0.05) is 80.6 Å². The Kier molecular flexibility index (Phi) is 10.1. The molecule has 3 rings (SSSR count). The number of rotatable bonds is 12. The van der Waals surface area contributed by atoms with Crippen LogP contribution in [0.15, 0.2) is 89.8 Å². The van der Waals surface area contributed by atoms with Crippen LogP contribution in [-0.2, 0) is 26.2 Å². The van der Waals surface area contributed by atoms with Gasteiger partial charge in [0.05, 0.1) is 10.6 Å². The fourth-order valence-corrected chi connectivity index (χ4v) is 5.72. The fraction of sp³-hybridized carbons (Fsp3) is 0.333. The third kappa shape index (κ3) is 7.01. The Morgan fingerprint density at radius 2 is 1.42 bits per heavy atom. The van der Waals surface area contributed by atoms with Gasteiger partial charge in [0, 0.05) is 12.6 Å². The van der Waals surface area contributed by atoms with Crippen LogP contribution in [0.4, 0.5) is 5.69 Å². The number of benzene rings is 3. The molecule has 0 unspecified atom stereocenters. The van der Waals surface area contributed by atoms with Gasteiger partial charge in [0.2, 0.25) is 11.8 Å². The number of para-hydroxylation sites is 1. The maximum Gasteiger partial charge on any atom is 0.264 e. The normalized spacial score (nSPS) is 12.8. The second-order valence-electron chi connectivity index (χ2n) is 9.36. The molecule has 0 aliphatic rings. The lowest BCUT2D eigenvalue weighted by Gasteiger charge is -2.34. The number of hydrogen-bond donors (Lipinski definition) is 1. The van der Waals surface area contributed by atoms with Gasteiger partial charge in [-0.15, -0.1) is 0 Å². The molecule has 0 aliphatic heterocycles. The summed E-state index contributed by atoms with van der Waals surface area (Å²) in [5.74, 6) is -0.706. The number of carbonyl (C=O) groups excluding carboxylic acids is 2. The van der Waals surface area contributed by atoms with E-state index >= 15 is 0 Å². The summed E-state index contributed by atoms with van der Waals surface area (Å²) in [5.41, 5.74) is 1.99. The molecule has 0 saturated heterocycles. The van der Waals surface area contributed by atoms with Crippen LogP contribution in [0.1, 0.15) is 44.7 Å². The topological polar surface area (TPSA) is 86.8 Å². The minimum atomic E-state index is -4.07. The molecule has 8 heteroatoms. The van der Waals surface area contributed by atoms with E-state index in [4.69, 9.17) is 0 Å². The van der Waals surface area contributed by atoms with Crippen molar-refractivity contribution in [1.82, 2.24) is 10.2 Å². The number of nitrogens with zero attached hydrogens (tertiary/aromatic N) is 2. The number of amides is 2. The van der Waals surface area contributed by atoms with Crippen molar-refractivity contribution in [2.75, 3.05) is 10.8 Å². The molecule has 202 valence electrons. The lowest BCUT2D eigenvalue weighted by Crippen LogP contribution is -2.53. The summed E-state index contributed by atoms with van der Waals surface area (Å²) in [4.78, 5) is 28.9. The van der Waals surface area contributed by atoms with Gasteiger partial charge in [-0.05, 0) is 56.0 Å².